The van der Waals surface area contributed by atoms with Crippen LogP contribution in [0.2, 0.25) is 0 Å². The largest absolute Gasteiger partial charge is 0.465 e. The van der Waals surface area contributed by atoms with E-state index in [9.17, 15) is 4.79 Å². The first kappa shape index (κ1) is 17.9. The fourth-order valence-electron chi connectivity index (χ4n) is 4.39. The summed E-state index contributed by atoms with van der Waals surface area (Å²) in [6, 6.07) is 16.6. The highest BCUT2D eigenvalue weighted by Crippen LogP contribution is 2.35. The first-order valence-corrected chi connectivity index (χ1v) is 9.84. The van der Waals surface area contributed by atoms with Crippen LogP contribution in [0.25, 0.3) is 0 Å². The van der Waals surface area contributed by atoms with Crippen molar-refractivity contribution in [3.05, 3.63) is 59.7 Å². The third-order valence-electron chi connectivity index (χ3n) is 5.91. The number of amides is 1. The third kappa shape index (κ3) is 4.25. The van der Waals surface area contributed by atoms with Gasteiger partial charge in [-0.25, -0.2) is 4.79 Å². The molecule has 0 aromatic heterocycles. The lowest BCUT2D eigenvalue weighted by Crippen LogP contribution is -2.46. The number of piperazine rings is 1. The van der Waals surface area contributed by atoms with Gasteiger partial charge < -0.3 is 10.0 Å². The molecule has 1 saturated heterocycles. The van der Waals surface area contributed by atoms with Gasteiger partial charge in [0.2, 0.25) is 0 Å². The van der Waals surface area contributed by atoms with Crippen molar-refractivity contribution in [3.63, 3.8) is 0 Å². The van der Waals surface area contributed by atoms with Gasteiger partial charge in [-0.2, -0.15) is 0 Å². The van der Waals surface area contributed by atoms with Gasteiger partial charge in [0.05, 0.1) is 0 Å². The molecular weight excluding hydrogens is 338 g/mol. The van der Waals surface area contributed by atoms with Crippen LogP contribution in [0.3, 0.4) is 0 Å². The van der Waals surface area contributed by atoms with Crippen LogP contribution in [0.1, 0.15) is 29.9 Å². The monoisotopic (exact) mass is 365 g/mol. The van der Waals surface area contributed by atoms with Crippen LogP contribution >= 0.6 is 0 Å². The summed E-state index contributed by atoms with van der Waals surface area (Å²) in [7, 11) is 0. The predicted molar refractivity (Wildman–Crippen MR) is 109 cm³/mol. The Morgan fingerprint density at radius 2 is 1.78 bits per heavy atom. The number of nitrogens with one attached hydrogen (secondary N) is 1. The normalized spacial score (nSPS) is 19.7. The lowest BCUT2D eigenvalue weighted by Gasteiger charge is -2.36. The Morgan fingerprint density at radius 1 is 1.04 bits per heavy atom. The van der Waals surface area contributed by atoms with E-state index in [1.54, 1.807) is 11.1 Å². The lowest BCUT2D eigenvalue weighted by molar-refractivity contribution is 0.210. The minimum Gasteiger partial charge on any atom is -0.465 e. The molecule has 142 valence electrons. The van der Waals surface area contributed by atoms with Gasteiger partial charge in [0.15, 0.2) is 0 Å². The highest BCUT2D eigenvalue weighted by molar-refractivity contribution is 5.83. The van der Waals surface area contributed by atoms with Crippen LogP contribution in [0.15, 0.2) is 48.5 Å². The Kier molecular flexibility index (Phi) is 5.30. The van der Waals surface area contributed by atoms with E-state index in [-0.39, 0.29) is 0 Å². The van der Waals surface area contributed by atoms with E-state index in [2.05, 4.69) is 39.4 Å². The zero-order valence-corrected chi connectivity index (χ0v) is 15.6. The van der Waals surface area contributed by atoms with Gasteiger partial charge in [0.1, 0.15) is 0 Å². The molecule has 1 fully saturated rings. The number of carboxylic acid groups (broad SMARTS) is 1. The maximum absolute atomic E-state index is 10.7. The van der Waals surface area contributed by atoms with Gasteiger partial charge in [-0.15, -0.1) is 0 Å². The highest BCUT2D eigenvalue weighted by atomic mass is 16.4. The molecule has 0 saturated carbocycles. The maximum Gasteiger partial charge on any atom is 0.409 e. The van der Waals surface area contributed by atoms with Gasteiger partial charge in [-0.05, 0) is 67.1 Å². The smallest absolute Gasteiger partial charge is 0.409 e. The Balaban J connectivity index is 1.25. The molecule has 1 amide bonds. The quantitative estimate of drug-likeness (QED) is 0.840. The van der Waals surface area contributed by atoms with E-state index >= 15 is 0 Å². The number of anilines is 2. The summed E-state index contributed by atoms with van der Waals surface area (Å²) >= 11 is 0. The van der Waals surface area contributed by atoms with Crippen LogP contribution in [-0.2, 0) is 6.42 Å². The number of benzene rings is 2. The number of hydrogen-bond donors (Lipinski definition) is 2. The molecule has 4 rings (SSSR count). The van der Waals surface area contributed by atoms with Crippen LogP contribution in [0.5, 0.6) is 0 Å². The van der Waals surface area contributed by atoms with Crippen LogP contribution < -0.4 is 10.2 Å². The van der Waals surface area contributed by atoms with Gasteiger partial charge in [0.25, 0.3) is 0 Å². The Morgan fingerprint density at radius 3 is 2.52 bits per heavy atom. The van der Waals surface area contributed by atoms with E-state index in [0.717, 1.165) is 37.8 Å². The first-order chi connectivity index (χ1) is 13.2. The molecule has 1 aliphatic heterocycles. The van der Waals surface area contributed by atoms with Gasteiger partial charge in [-0.1, -0.05) is 24.3 Å². The standard InChI is InChI=1S/C22H27N3O2/c26-22(27)23-19-7-9-20(10-8-19)25-15-13-24(14-16-25)12-11-18-6-5-17-3-1-2-4-21(17)18/h1-4,7-10,18,23H,5-6,11-16H2,(H,26,27). The Hall–Kier alpha value is -2.53. The van der Waals surface area contributed by atoms with Crippen molar-refractivity contribution in [1.29, 1.82) is 0 Å². The number of nitrogens with zero attached hydrogens (tertiary/aromatic N) is 2. The minimum absolute atomic E-state index is 0.613. The summed E-state index contributed by atoms with van der Waals surface area (Å²) in [5.74, 6) is 0.730. The van der Waals surface area contributed by atoms with Crippen molar-refractivity contribution in [1.82, 2.24) is 4.90 Å². The van der Waals surface area contributed by atoms with Gasteiger partial charge in [-0.3, -0.25) is 10.2 Å². The molecule has 2 aliphatic rings. The van der Waals surface area contributed by atoms with Crippen LogP contribution in [0, 0.1) is 0 Å². The van der Waals surface area contributed by atoms with Crippen LogP contribution in [0.4, 0.5) is 16.2 Å². The molecule has 2 N–H and O–H groups in total. The number of fused-ring (bicyclic) bond motifs is 1. The first-order valence-electron chi connectivity index (χ1n) is 9.84. The summed E-state index contributed by atoms with van der Waals surface area (Å²) < 4.78 is 0. The molecule has 2 aromatic rings. The number of hydrogen-bond acceptors (Lipinski definition) is 3. The topological polar surface area (TPSA) is 55.8 Å². The summed E-state index contributed by atoms with van der Waals surface area (Å²) in [4.78, 5) is 15.7. The minimum atomic E-state index is -1.03. The van der Waals surface area contributed by atoms with Crippen molar-refractivity contribution in [3.8, 4) is 0 Å². The van der Waals surface area contributed by atoms with Crippen molar-refractivity contribution in [2.75, 3.05) is 42.9 Å². The summed E-state index contributed by atoms with van der Waals surface area (Å²) in [6.45, 7) is 5.39. The van der Waals surface area contributed by atoms with E-state index in [4.69, 9.17) is 5.11 Å². The third-order valence-corrected chi connectivity index (χ3v) is 5.91. The Labute approximate surface area is 160 Å². The van der Waals surface area contributed by atoms with E-state index in [1.807, 2.05) is 24.3 Å². The zero-order chi connectivity index (χ0) is 18.6. The van der Waals surface area contributed by atoms with Crippen molar-refractivity contribution in [2.45, 2.75) is 25.2 Å². The molecular formula is C22H27N3O2. The molecule has 1 unspecified atom stereocenters. The number of aryl methyl sites for hydroxylation is 1. The fourth-order valence-corrected chi connectivity index (χ4v) is 4.39. The second kappa shape index (κ2) is 8.01. The average Bonchev–Trinajstić information content (AvgIpc) is 3.10. The van der Waals surface area contributed by atoms with E-state index < -0.39 is 6.09 Å². The molecule has 5 nitrogen and oxygen atoms in total. The molecule has 0 spiro atoms. The fraction of sp³-hybridized carbons (Fsp3) is 0.409. The van der Waals surface area contributed by atoms with Crippen LogP contribution in [-0.4, -0.2) is 48.8 Å². The zero-order valence-electron chi connectivity index (χ0n) is 15.6. The van der Waals surface area contributed by atoms with Crippen molar-refractivity contribution < 1.29 is 9.90 Å². The Bertz CT molecular complexity index is 782. The van der Waals surface area contributed by atoms with Gasteiger partial charge >= 0.3 is 6.09 Å². The predicted octanol–water partition coefficient (Wildman–Crippen LogP) is 4.02. The maximum atomic E-state index is 10.7. The summed E-state index contributed by atoms with van der Waals surface area (Å²) in [6.07, 6.45) is 2.77. The van der Waals surface area contributed by atoms with E-state index in [0.29, 0.717) is 5.69 Å². The highest BCUT2D eigenvalue weighted by Gasteiger charge is 2.23. The molecule has 1 aliphatic carbocycles. The lowest BCUT2D eigenvalue weighted by atomic mass is 9.97. The van der Waals surface area contributed by atoms with E-state index in [1.165, 1.54) is 25.8 Å². The second-order valence-corrected chi connectivity index (χ2v) is 7.53. The van der Waals surface area contributed by atoms with Crippen molar-refractivity contribution in [2.24, 2.45) is 0 Å². The molecule has 0 radical (unpaired) electrons. The summed E-state index contributed by atoms with van der Waals surface area (Å²) in [5.41, 5.74) is 4.90. The molecule has 5 heteroatoms. The average molecular weight is 365 g/mol. The number of rotatable bonds is 5. The number of carbonyl (C=O) groups is 1. The van der Waals surface area contributed by atoms with Gasteiger partial charge in [0, 0.05) is 37.6 Å². The molecule has 27 heavy (non-hydrogen) atoms. The van der Waals surface area contributed by atoms with Crippen molar-refractivity contribution >= 4 is 17.5 Å². The molecule has 1 atom stereocenters. The molecule has 2 aromatic carbocycles. The summed E-state index contributed by atoms with van der Waals surface area (Å²) in [5, 5.41) is 11.2. The molecule has 1 heterocycles. The molecule has 0 bridgehead atoms. The second-order valence-electron chi connectivity index (χ2n) is 7.53. The SMILES string of the molecule is O=C(O)Nc1ccc(N2CCN(CCC3CCc4ccccc43)CC2)cc1.